The van der Waals surface area contributed by atoms with Crippen molar-refractivity contribution in [2.45, 2.75) is 95.5 Å². The highest BCUT2D eigenvalue weighted by molar-refractivity contribution is 6.74. The maximum absolute atomic E-state index is 15.6. The van der Waals surface area contributed by atoms with Crippen molar-refractivity contribution in [1.82, 2.24) is 19.5 Å². The van der Waals surface area contributed by atoms with Crippen LogP contribution in [0.5, 0.6) is 0 Å². The Labute approximate surface area is 254 Å². The van der Waals surface area contributed by atoms with Gasteiger partial charge in [-0.3, -0.25) is 4.79 Å². The van der Waals surface area contributed by atoms with Gasteiger partial charge in [0.25, 0.3) is 5.91 Å². The highest BCUT2D eigenvalue weighted by Crippen LogP contribution is 2.49. The zero-order chi connectivity index (χ0) is 30.3. The molecule has 7 rings (SSSR count). The lowest BCUT2D eigenvalue weighted by Gasteiger charge is -2.36. The molecular weight excluding hydrogens is 555 g/mol. The van der Waals surface area contributed by atoms with Gasteiger partial charge in [-0.2, -0.15) is 5.10 Å². The van der Waals surface area contributed by atoms with E-state index in [9.17, 15) is 4.79 Å². The summed E-state index contributed by atoms with van der Waals surface area (Å²) in [6.07, 6.45) is 4.04. The SMILES string of the molecule is C[C@@H]1c2ccccc2CCN1C(=O)c1cc(C2CC2)n2nc(-c3ccc([C@H]4C[C@@H]4O[Si](C)(C)C(C)(C)C)cc3F)cc2n1. The summed E-state index contributed by atoms with van der Waals surface area (Å²) in [5, 5.41) is 4.96. The summed E-state index contributed by atoms with van der Waals surface area (Å²) in [4.78, 5) is 20.5. The molecule has 0 saturated heterocycles. The first kappa shape index (κ1) is 28.4. The summed E-state index contributed by atoms with van der Waals surface area (Å²) in [6.45, 7) is 14.0. The van der Waals surface area contributed by atoms with Crippen molar-refractivity contribution in [2.24, 2.45) is 0 Å². The lowest BCUT2D eigenvalue weighted by molar-refractivity contribution is 0.0671. The Kier molecular flexibility index (Phi) is 6.67. The third kappa shape index (κ3) is 5.12. The Bertz CT molecular complexity index is 1740. The van der Waals surface area contributed by atoms with Crippen LogP contribution in [0.2, 0.25) is 18.1 Å². The van der Waals surface area contributed by atoms with E-state index in [0.29, 0.717) is 35.1 Å². The summed E-state index contributed by atoms with van der Waals surface area (Å²) in [6, 6.07) is 17.6. The topological polar surface area (TPSA) is 59.7 Å². The van der Waals surface area contributed by atoms with Crippen LogP contribution in [-0.2, 0) is 10.8 Å². The van der Waals surface area contributed by atoms with E-state index in [1.165, 1.54) is 11.1 Å². The van der Waals surface area contributed by atoms with E-state index >= 15 is 4.39 Å². The van der Waals surface area contributed by atoms with Gasteiger partial charge in [-0.15, -0.1) is 0 Å². The molecule has 2 aromatic heterocycles. The molecule has 2 aromatic carbocycles. The predicted molar refractivity (Wildman–Crippen MR) is 169 cm³/mol. The van der Waals surface area contributed by atoms with Crippen molar-refractivity contribution in [3.63, 3.8) is 0 Å². The third-order valence-electron chi connectivity index (χ3n) is 10.2. The van der Waals surface area contributed by atoms with Gasteiger partial charge >= 0.3 is 0 Å². The fraction of sp³-hybridized carbons (Fsp3) is 0.457. The lowest BCUT2D eigenvalue weighted by atomic mass is 9.93. The average Bonchev–Trinajstić information content (AvgIpc) is 3.89. The number of aromatic nitrogens is 3. The molecule has 2 saturated carbocycles. The maximum Gasteiger partial charge on any atom is 0.273 e. The Balaban J connectivity index is 1.16. The van der Waals surface area contributed by atoms with Gasteiger partial charge in [-0.05, 0) is 85.6 Å². The Morgan fingerprint density at radius 3 is 2.56 bits per heavy atom. The zero-order valence-corrected chi connectivity index (χ0v) is 27.0. The minimum absolute atomic E-state index is 0.0220. The Hall–Kier alpha value is -3.36. The second-order valence-corrected chi connectivity index (χ2v) is 19.0. The molecule has 1 aliphatic heterocycles. The van der Waals surface area contributed by atoms with E-state index in [2.05, 4.69) is 59.0 Å². The van der Waals surface area contributed by atoms with Crippen LogP contribution in [0.25, 0.3) is 16.9 Å². The quantitative estimate of drug-likeness (QED) is 0.211. The highest BCUT2D eigenvalue weighted by Gasteiger charge is 2.47. The molecule has 4 aromatic rings. The van der Waals surface area contributed by atoms with Crippen molar-refractivity contribution >= 4 is 19.9 Å². The number of amides is 1. The number of hydrogen-bond donors (Lipinski definition) is 0. The number of fused-ring (bicyclic) bond motifs is 2. The van der Waals surface area contributed by atoms with E-state index in [-0.39, 0.29) is 34.8 Å². The van der Waals surface area contributed by atoms with E-state index in [0.717, 1.165) is 36.9 Å². The summed E-state index contributed by atoms with van der Waals surface area (Å²) >= 11 is 0. The van der Waals surface area contributed by atoms with Crippen molar-refractivity contribution in [2.75, 3.05) is 6.54 Å². The first-order valence-electron chi connectivity index (χ1n) is 15.7. The molecular formula is C35H41FN4O2Si. The Morgan fingerprint density at radius 2 is 1.84 bits per heavy atom. The van der Waals surface area contributed by atoms with E-state index in [1.54, 1.807) is 6.07 Å². The first-order chi connectivity index (χ1) is 20.4. The van der Waals surface area contributed by atoms with Crippen molar-refractivity contribution in [1.29, 1.82) is 0 Å². The summed E-state index contributed by atoms with van der Waals surface area (Å²) in [7, 11) is -1.87. The van der Waals surface area contributed by atoms with Gasteiger partial charge < -0.3 is 9.33 Å². The number of halogens is 1. The normalized spacial score (nSPS) is 22.1. The molecule has 224 valence electrons. The molecule has 3 aliphatic rings. The molecule has 3 heterocycles. The van der Waals surface area contributed by atoms with Crippen LogP contribution in [0.1, 0.15) is 97.7 Å². The smallest absolute Gasteiger partial charge is 0.273 e. The molecule has 43 heavy (non-hydrogen) atoms. The van der Waals surface area contributed by atoms with Crippen LogP contribution < -0.4 is 0 Å². The van der Waals surface area contributed by atoms with Crippen LogP contribution in [0.4, 0.5) is 4.39 Å². The number of rotatable bonds is 6. The fourth-order valence-electron chi connectivity index (χ4n) is 6.28. The zero-order valence-electron chi connectivity index (χ0n) is 26.0. The second kappa shape index (κ2) is 10.1. The van der Waals surface area contributed by atoms with E-state index in [1.807, 2.05) is 39.7 Å². The maximum atomic E-state index is 15.6. The molecule has 0 N–H and O–H groups in total. The van der Waals surface area contributed by atoms with Gasteiger partial charge in [0, 0.05) is 35.7 Å². The van der Waals surface area contributed by atoms with Crippen LogP contribution in [0.3, 0.4) is 0 Å². The molecule has 2 fully saturated rings. The molecule has 8 heteroatoms. The second-order valence-electron chi connectivity index (χ2n) is 14.3. The first-order valence-corrected chi connectivity index (χ1v) is 18.6. The van der Waals surface area contributed by atoms with Gasteiger partial charge in [0.1, 0.15) is 11.5 Å². The Morgan fingerprint density at radius 1 is 1.07 bits per heavy atom. The molecule has 0 spiro atoms. The number of hydrogen-bond acceptors (Lipinski definition) is 4. The predicted octanol–water partition coefficient (Wildman–Crippen LogP) is 8.05. The standard InChI is InChI=1S/C35H41FN4O2Si/c1-21-25-10-8-7-9-22(25)15-16-39(21)34(41)30-19-31(23-11-12-23)40-33(37-30)20-29(38-40)26-14-13-24(17-28(26)36)27-18-32(27)42-43(5,6)35(2,3)4/h7-10,13-14,17,19-21,23,27,32H,11-12,15-16,18H2,1-6H3/t21-,27-,32+/m1/s1. The van der Waals surface area contributed by atoms with Gasteiger partial charge in [0.2, 0.25) is 0 Å². The molecule has 0 radical (unpaired) electrons. The average molecular weight is 597 g/mol. The molecule has 0 bridgehead atoms. The highest BCUT2D eigenvalue weighted by atomic mass is 28.4. The molecule has 6 nitrogen and oxygen atoms in total. The van der Waals surface area contributed by atoms with Gasteiger partial charge in [-0.1, -0.05) is 51.1 Å². The van der Waals surface area contributed by atoms with Gasteiger partial charge in [-0.25, -0.2) is 13.9 Å². The number of benzene rings is 2. The minimum atomic E-state index is -1.87. The number of nitrogens with zero attached hydrogens (tertiary/aromatic N) is 4. The number of carbonyl (C=O) groups excluding carboxylic acids is 1. The van der Waals surface area contributed by atoms with Crippen LogP contribution in [0.15, 0.2) is 54.6 Å². The molecule has 2 aliphatic carbocycles. The monoisotopic (exact) mass is 596 g/mol. The summed E-state index contributed by atoms with van der Waals surface area (Å²) in [5.74, 6) is 0.219. The van der Waals surface area contributed by atoms with Crippen molar-refractivity contribution in [3.8, 4) is 11.3 Å². The van der Waals surface area contributed by atoms with Crippen LogP contribution in [0, 0.1) is 5.82 Å². The van der Waals surface area contributed by atoms with Gasteiger partial charge in [0.15, 0.2) is 14.0 Å². The molecule has 0 unspecified atom stereocenters. The summed E-state index contributed by atoms with van der Waals surface area (Å²) in [5.41, 5.74) is 6.46. The lowest BCUT2D eigenvalue weighted by Crippen LogP contribution is -2.41. The van der Waals surface area contributed by atoms with Gasteiger partial charge in [0.05, 0.1) is 17.8 Å². The van der Waals surface area contributed by atoms with Crippen molar-refractivity contribution < 1.29 is 13.6 Å². The minimum Gasteiger partial charge on any atom is -0.413 e. The largest absolute Gasteiger partial charge is 0.413 e. The summed E-state index contributed by atoms with van der Waals surface area (Å²) < 4.78 is 24.0. The molecule has 1 amide bonds. The third-order valence-corrected chi connectivity index (χ3v) is 14.7. The van der Waals surface area contributed by atoms with Crippen molar-refractivity contribution in [3.05, 3.63) is 88.5 Å². The fourth-order valence-corrected chi connectivity index (χ4v) is 7.65. The van der Waals surface area contributed by atoms with Crippen LogP contribution >= 0.6 is 0 Å². The van der Waals surface area contributed by atoms with Crippen LogP contribution in [-0.4, -0.2) is 46.4 Å². The van der Waals surface area contributed by atoms with E-state index in [4.69, 9.17) is 14.5 Å². The number of carbonyl (C=O) groups is 1. The molecule has 3 atom stereocenters. The van der Waals surface area contributed by atoms with E-state index < -0.39 is 8.32 Å².